The first kappa shape index (κ1) is 21.8. The van der Waals surface area contributed by atoms with Crippen molar-refractivity contribution in [1.29, 1.82) is 0 Å². The summed E-state index contributed by atoms with van der Waals surface area (Å²) in [5.41, 5.74) is -0.864. The third kappa shape index (κ3) is 9.06. The van der Waals surface area contributed by atoms with Crippen LogP contribution in [0.3, 0.4) is 0 Å². The molecule has 0 aromatic carbocycles. The molecular weight excluding hydrogens is 368 g/mol. The second-order valence-corrected chi connectivity index (χ2v) is 5.83. The van der Waals surface area contributed by atoms with Crippen molar-refractivity contribution >= 4 is 68.4 Å². The van der Waals surface area contributed by atoms with Crippen molar-refractivity contribution in [2.24, 2.45) is 5.41 Å². The highest BCUT2D eigenvalue weighted by molar-refractivity contribution is 7.81. The van der Waals surface area contributed by atoms with Crippen molar-refractivity contribution in [3.63, 3.8) is 0 Å². The van der Waals surface area contributed by atoms with Crippen LogP contribution in [-0.4, -0.2) is 60.7 Å². The van der Waals surface area contributed by atoms with E-state index >= 15 is 0 Å². The maximum Gasteiger partial charge on any atom is 0.315 e. The minimum atomic E-state index is -0.864. The topological polar surface area (TPSA) is 78.9 Å². The molecule has 0 amide bonds. The summed E-state index contributed by atoms with van der Waals surface area (Å²) in [6.45, 7) is -0.230. The van der Waals surface area contributed by atoms with Gasteiger partial charge in [-0.3, -0.25) is 14.4 Å². The number of thiol groups is 4. The van der Waals surface area contributed by atoms with Gasteiger partial charge in [-0.2, -0.15) is 50.5 Å². The van der Waals surface area contributed by atoms with Crippen LogP contribution in [-0.2, 0) is 28.6 Å². The molecule has 0 aliphatic heterocycles. The molecule has 0 fully saturated rings. The fourth-order valence-electron chi connectivity index (χ4n) is 1.42. The third-order valence-electron chi connectivity index (χ3n) is 2.65. The van der Waals surface area contributed by atoms with Crippen molar-refractivity contribution in [1.82, 2.24) is 0 Å². The van der Waals surface area contributed by atoms with Crippen molar-refractivity contribution in [2.45, 2.75) is 6.42 Å². The lowest BCUT2D eigenvalue weighted by atomic mass is 9.88. The summed E-state index contributed by atoms with van der Waals surface area (Å²) in [5, 5.41) is 0. The van der Waals surface area contributed by atoms with Crippen molar-refractivity contribution in [3.05, 3.63) is 0 Å². The molecule has 0 heterocycles. The molecule has 0 saturated heterocycles. The van der Waals surface area contributed by atoms with E-state index in [1.807, 2.05) is 0 Å². The lowest BCUT2D eigenvalue weighted by Crippen LogP contribution is -2.40. The molecule has 128 valence electrons. The van der Waals surface area contributed by atoms with Crippen LogP contribution in [0.25, 0.3) is 0 Å². The molecule has 0 N–H and O–H groups in total. The minimum Gasteiger partial charge on any atom is -0.464 e. The Kier molecular flexibility index (Phi) is 12.2. The number of hydrogen-bond donors (Lipinski definition) is 4. The molecule has 0 saturated carbocycles. The zero-order chi connectivity index (χ0) is 17.0. The van der Waals surface area contributed by atoms with Crippen LogP contribution < -0.4 is 0 Å². The zero-order valence-electron chi connectivity index (χ0n) is 11.9. The molecule has 0 aromatic heterocycles. The van der Waals surface area contributed by atoms with Gasteiger partial charge >= 0.3 is 17.9 Å². The van der Waals surface area contributed by atoms with E-state index in [2.05, 4.69) is 50.5 Å². The number of hydrogen-bond acceptors (Lipinski definition) is 10. The Bertz CT molecular complexity index is 326. The average molecular weight is 389 g/mol. The summed E-state index contributed by atoms with van der Waals surface area (Å²) in [7, 11) is 0. The summed E-state index contributed by atoms with van der Waals surface area (Å²) >= 11 is 15.6. The molecular formula is C12H20O6S4. The van der Waals surface area contributed by atoms with Gasteiger partial charge in [-0.05, 0) is 12.2 Å². The van der Waals surface area contributed by atoms with Crippen LogP contribution in [0.2, 0.25) is 0 Å². The van der Waals surface area contributed by atoms with Crippen molar-refractivity contribution in [2.75, 3.05) is 42.8 Å². The second-order valence-electron chi connectivity index (χ2n) is 4.43. The summed E-state index contributed by atoms with van der Waals surface area (Å²) in [6, 6.07) is 0. The fourth-order valence-corrected chi connectivity index (χ4v) is 2.16. The molecule has 6 nitrogen and oxygen atoms in total. The van der Waals surface area contributed by atoms with Crippen LogP contribution >= 0.6 is 50.5 Å². The second kappa shape index (κ2) is 12.3. The van der Waals surface area contributed by atoms with Gasteiger partial charge in [-0.1, -0.05) is 0 Å². The van der Waals surface area contributed by atoms with Gasteiger partial charge in [0.1, 0.15) is 19.8 Å². The van der Waals surface area contributed by atoms with Crippen LogP contribution in [0.4, 0.5) is 0 Å². The Hall–Kier alpha value is -0.190. The first-order chi connectivity index (χ1) is 10.4. The highest BCUT2D eigenvalue weighted by atomic mass is 32.1. The van der Waals surface area contributed by atoms with Gasteiger partial charge in [-0.15, -0.1) is 0 Å². The Morgan fingerprint density at radius 2 is 1.00 bits per heavy atom. The van der Waals surface area contributed by atoms with Crippen molar-refractivity contribution < 1.29 is 28.6 Å². The van der Waals surface area contributed by atoms with Crippen LogP contribution in [0.1, 0.15) is 6.42 Å². The molecule has 0 unspecified atom stereocenters. The Morgan fingerprint density at radius 3 is 1.23 bits per heavy atom. The molecule has 0 atom stereocenters. The third-order valence-corrected chi connectivity index (χ3v) is 3.65. The molecule has 10 heteroatoms. The minimum absolute atomic E-state index is 0.0767. The van der Waals surface area contributed by atoms with Gasteiger partial charge in [0, 0.05) is 0 Å². The summed E-state index contributed by atoms with van der Waals surface area (Å²) in [5.74, 6) is -1.37. The predicted molar refractivity (Wildman–Crippen MR) is 95.3 cm³/mol. The zero-order valence-corrected chi connectivity index (χ0v) is 15.5. The maximum atomic E-state index is 11.3. The van der Waals surface area contributed by atoms with E-state index in [1.165, 1.54) is 0 Å². The maximum absolute atomic E-state index is 11.3. The largest absolute Gasteiger partial charge is 0.464 e. The van der Waals surface area contributed by atoms with E-state index in [0.717, 1.165) is 0 Å². The molecule has 0 aliphatic rings. The number of ether oxygens (including phenoxy) is 3. The standard InChI is InChI=1S/C12H20O6S4/c13-9(3-20)16-6-12(1-2-19,7-17-10(14)4-21)8-18-11(15)5-22/h19-22H,1-8H2. The number of rotatable bonds is 11. The van der Waals surface area contributed by atoms with Gasteiger partial charge < -0.3 is 14.2 Å². The van der Waals surface area contributed by atoms with Crippen molar-refractivity contribution in [3.8, 4) is 0 Å². The lowest BCUT2D eigenvalue weighted by molar-refractivity contribution is -0.158. The molecule has 0 aliphatic carbocycles. The Balaban J connectivity index is 4.92. The van der Waals surface area contributed by atoms with E-state index in [1.54, 1.807) is 0 Å². The van der Waals surface area contributed by atoms with Gasteiger partial charge in [0.05, 0.1) is 22.7 Å². The monoisotopic (exact) mass is 388 g/mol. The highest BCUT2D eigenvalue weighted by Gasteiger charge is 2.35. The summed E-state index contributed by atoms with van der Waals surface area (Å²) < 4.78 is 15.2. The van der Waals surface area contributed by atoms with Gasteiger partial charge in [0.25, 0.3) is 0 Å². The molecule has 0 radical (unpaired) electrons. The van der Waals surface area contributed by atoms with Gasteiger partial charge in [0.2, 0.25) is 0 Å². The van der Waals surface area contributed by atoms with Crippen LogP contribution in [0, 0.1) is 5.41 Å². The predicted octanol–water partition coefficient (Wildman–Crippen LogP) is 0.712. The van der Waals surface area contributed by atoms with Crippen LogP contribution in [0.5, 0.6) is 0 Å². The highest BCUT2D eigenvalue weighted by Crippen LogP contribution is 2.25. The van der Waals surface area contributed by atoms with Crippen LogP contribution in [0.15, 0.2) is 0 Å². The Morgan fingerprint density at radius 1 is 0.682 bits per heavy atom. The van der Waals surface area contributed by atoms with E-state index in [9.17, 15) is 14.4 Å². The lowest BCUT2D eigenvalue weighted by Gasteiger charge is -2.31. The molecule has 22 heavy (non-hydrogen) atoms. The molecule has 0 spiro atoms. The Labute approximate surface area is 151 Å². The summed E-state index contributed by atoms with van der Waals surface area (Å²) in [4.78, 5) is 33.9. The van der Waals surface area contributed by atoms with Gasteiger partial charge in [0.15, 0.2) is 0 Å². The summed E-state index contributed by atoms with van der Waals surface area (Å²) in [6.07, 6.45) is 0.412. The van der Waals surface area contributed by atoms with E-state index in [4.69, 9.17) is 14.2 Å². The fraction of sp³-hybridized carbons (Fsp3) is 0.750. The first-order valence-corrected chi connectivity index (χ1v) is 8.86. The van der Waals surface area contributed by atoms with E-state index in [0.29, 0.717) is 12.2 Å². The molecule has 0 bridgehead atoms. The molecule has 0 rings (SSSR count). The normalized spacial score (nSPS) is 10.9. The number of carbonyl (C=O) groups is 3. The smallest absolute Gasteiger partial charge is 0.315 e. The SMILES string of the molecule is O=C(CS)OCC(CCS)(COC(=O)CS)COC(=O)CS. The number of carbonyl (C=O) groups excluding carboxylic acids is 3. The number of esters is 3. The van der Waals surface area contributed by atoms with Gasteiger partial charge in [-0.25, -0.2) is 0 Å². The first-order valence-electron chi connectivity index (χ1n) is 6.33. The van der Waals surface area contributed by atoms with E-state index in [-0.39, 0.29) is 37.1 Å². The molecule has 0 aromatic rings. The average Bonchev–Trinajstić information content (AvgIpc) is 2.54. The van der Waals surface area contributed by atoms with E-state index < -0.39 is 23.3 Å². The quantitative estimate of drug-likeness (QED) is 0.237.